The summed E-state index contributed by atoms with van der Waals surface area (Å²) < 4.78 is 15.4. The Kier molecular flexibility index (Phi) is 4.89. The van der Waals surface area contributed by atoms with Crippen molar-refractivity contribution < 1.29 is 14.2 Å². The second-order valence-corrected chi connectivity index (χ2v) is 2.81. The summed E-state index contributed by atoms with van der Waals surface area (Å²) in [7, 11) is 1.58. The lowest BCUT2D eigenvalue weighted by Gasteiger charge is -2.10. The molecule has 0 heterocycles. The van der Waals surface area contributed by atoms with Gasteiger partial charge < -0.3 is 19.9 Å². The molecule has 5 heteroatoms. The quantitative estimate of drug-likeness (QED) is 0.668. The van der Waals surface area contributed by atoms with Crippen LogP contribution in [0.25, 0.3) is 0 Å². The third kappa shape index (κ3) is 3.39. The molecule has 0 aliphatic rings. The second-order valence-electron chi connectivity index (χ2n) is 2.81. The SMILES string of the molecule is COc1cc(COCN)ccc1OCN. The van der Waals surface area contributed by atoms with Crippen LogP contribution in [0.2, 0.25) is 0 Å². The predicted octanol–water partition coefficient (Wildman–Crippen LogP) is 0.423. The van der Waals surface area contributed by atoms with Crippen LogP contribution in [-0.2, 0) is 11.3 Å². The standard InChI is InChI=1S/C10H16N2O3/c1-13-10-4-8(5-14-6-11)2-3-9(10)15-7-12/h2-4H,5-7,11-12H2,1H3. The fraction of sp³-hybridized carbons (Fsp3) is 0.400. The summed E-state index contributed by atoms with van der Waals surface area (Å²) in [5.41, 5.74) is 11.5. The minimum absolute atomic E-state index is 0.120. The van der Waals surface area contributed by atoms with Crippen molar-refractivity contribution in [3.63, 3.8) is 0 Å². The van der Waals surface area contributed by atoms with Gasteiger partial charge >= 0.3 is 0 Å². The van der Waals surface area contributed by atoms with Crippen LogP contribution >= 0.6 is 0 Å². The van der Waals surface area contributed by atoms with Crippen molar-refractivity contribution in [1.82, 2.24) is 0 Å². The Labute approximate surface area is 88.9 Å². The predicted molar refractivity (Wildman–Crippen MR) is 56.5 cm³/mol. The van der Waals surface area contributed by atoms with Gasteiger partial charge in [0, 0.05) is 0 Å². The van der Waals surface area contributed by atoms with E-state index in [2.05, 4.69) is 0 Å². The van der Waals surface area contributed by atoms with Gasteiger partial charge in [-0.2, -0.15) is 0 Å². The lowest BCUT2D eigenvalue weighted by molar-refractivity contribution is 0.127. The number of nitrogens with two attached hydrogens (primary N) is 2. The number of hydrogen-bond acceptors (Lipinski definition) is 5. The smallest absolute Gasteiger partial charge is 0.163 e. The molecular weight excluding hydrogens is 196 g/mol. The molecule has 15 heavy (non-hydrogen) atoms. The molecule has 1 aromatic carbocycles. The van der Waals surface area contributed by atoms with E-state index < -0.39 is 0 Å². The van der Waals surface area contributed by atoms with E-state index in [1.165, 1.54) is 0 Å². The van der Waals surface area contributed by atoms with Crippen LogP contribution in [0.5, 0.6) is 11.5 Å². The zero-order chi connectivity index (χ0) is 11.1. The highest BCUT2D eigenvalue weighted by molar-refractivity contribution is 5.42. The van der Waals surface area contributed by atoms with Crippen LogP contribution < -0.4 is 20.9 Å². The highest BCUT2D eigenvalue weighted by atomic mass is 16.5. The third-order valence-corrected chi connectivity index (χ3v) is 1.85. The largest absolute Gasteiger partial charge is 0.493 e. The van der Waals surface area contributed by atoms with Crippen LogP contribution in [0, 0.1) is 0 Å². The van der Waals surface area contributed by atoms with Gasteiger partial charge in [0.2, 0.25) is 0 Å². The number of hydrogen-bond donors (Lipinski definition) is 2. The second kappa shape index (κ2) is 6.23. The maximum Gasteiger partial charge on any atom is 0.163 e. The maximum absolute atomic E-state index is 5.28. The Balaban J connectivity index is 2.77. The molecule has 4 N–H and O–H groups in total. The summed E-state index contributed by atoms with van der Waals surface area (Å²) in [5, 5.41) is 0. The van der Waals surface area contributed by atoms with E-state index in [-0.39, 0.29) is 13.5 Å². The molecule has 0 aliphatic carbocycles. The highest BCUT2D eigenvalue weighted by Crippen LogP contribution is 2.27. The van der Waals surface area contributed by atoms with E-state index in [0.29, 0.717) is 18.1 Å². The molecule has 0 fully saturated rings. The fourth-order valence-corrected chi connectivity index (χ4v) is 1.19. The average molecular weight is 212 g/mol. The zero-order valence-electron chi connectivity index (χ0n) is 8.73. The molecule has 0 radical (unpaired) electrons. The molecule has 5 nitrogen and oxygen atoms in total. The topological polar surface area (TPSA) is 79.7 Å². The van der Waals surface area contributed by atoms with Crippen LogP contribution in [0.4, 0.5) is 0 Å². The Morgan fingerprint density at radius 3 is 2.53 bits per heavy atom. The molecule has 0 aliphatic heterocycles. The summed E-state index contributed by atoms with van der Waals surface area (Å²) in [5.74, 6) is 1.26. The van der Waals surface area contributed by atoms with Crippen molar-refractivity contribution in [3.8, 4) is 11.5 Å². The number of methoxy groups -OCH3 is 1. The first-order valence-corrected chi connectivity index (χ1v) is 4.59. The summed E-state index contributed by atoms with van der Waals surface area (Å²) in [4.78, 5) is 0. The molecule has 1 rings (SSSR count). The Morgan fingerprint density at radius 1 is 1.13 bits per heavy atom. The monoisotopic (exact) mass is 212 g/mol. The molecular formula is C10H16N2O3. The van der Waals surface area contributed by atoms with Gasteiger partial charge in [0.25, 0.3) is 0 Å². The van der Waals surface area contributed by atoms with Gasteiger partial charge in [0.05, 0.1) is 20.4 Å². The lowest BCUT2D eigenvalue weighted by Crippen LogP contribution is -2.08. The van der Waals surface area contributed by atoms with E-state index >= 15 is 0 Å². The van der Waals surface area contributed by atoms with E-state index in [4.69, 9.17) is 25.7 Å². The van der Waals surface area contributed by atoms with Gasteiger partial charge in [0.1, 0.15) is 6.73 Å². The van der Waals surface area contributed by atoms with E-state index in [1.807, 2.05) is 12.1 Å². The van der Waals surface area contributed by atoms with Gasteiger partial charge in [0.15, 0.2) is 11.5 Å². The van der Waals surface area contributed by atoms with Gasteiger partial charge in [-0.25, -0.2) is 0 Å². The fourth-order valence-electron chi connectivity index (χ4n) is 1.19. The van der Waals surface area contributed by atoms with Crippen molar-refractivity contribution in [2.24, 2.45) is 11.5 Å². The molecule has 84 valence electrons. The minimum atomic E-state index is 0.120. The molecule has 0 atom stereocenters. The van der Waals surface area contributed by atoms with Crippen molar-refractivity contribution in [1.29, 1.82) is 0 Å². The lowest BCUT2D eigenvalue weighted by atomic mass is 10.2. The minimum Gasteiger partial charge on any atom is -0.493 e. The summed E-state index contributed by atoms with van der Waals surface area (Å²) >= 11 is 0. The van der Waals surface area contributed by atoms with Gasteiger partial charge in [-0.3, -0.25) is 5.73 Å². The summed E-state index contributed by atoms with van der Waals surface area (Å²) in [6.07, 6.45) is 0. The van der Waals surface area contributed by atoms with Crippen molar-refractivity contribution in [2.45, 2.75) is 6.61 Å². The van der Waals surface area contributed by atoms with Crippen LogP contribution in [0.15, 0.2) is 18.2 Å². The van der Waals surface area contributed by atoms with Crippen LogP contribution in [0.1, 0.15) is 5.56 Å². The van der Waals surface area contributed by atoms with Crippen LogP contribution in [0.3, 0.4) is 0 Å². The maximum atomic E-state index is 5.28. The molecule has 0 unspecified atom stereocenters. The van der Waals surface area contributed by atoms with E-state index in [0.717, 1.165) is 5.56 Å². The van der Waals surface area contributed by atoms with Gasteiger partial charge in [-0.15, -0.1) is 0 Å². The molecule has 0 bridgehead atoms. The normalized spacial score (nSPS) is 10.1. The Hall–Kier alpha value is -1.30. The Morgan fingerprint density at radius 2 is 1.93 bits per heavy atom. The van der Waals surface area contributed by atoms with Gasteiger partial charge in [-0.05, 0) is 17.7 Å². The highest BCUT2D eigenvalue weighted by Gasteiger charge is 2.04. The van der Waals surface area contributed by atoms with Crippen LogP contribution in [-0.4, -0.2) is 20.6 Å². The third-order valence-electron chi connectivity index (χ3n) is 1.85. The molecule has 0 aromatic heterocycles. The average Bonchev–Trinajstić information content (AvgIpc) is 2.28. The first-order chi connectivity index (χ1) is 7.31. The molecule has 0 spiro atoms. The van der Waals surface area contributed by atoms with E-state index in [1.54, 1.807) is 13.2 Å². The van der Waals surface area contributed by atoms with Crippen molar-refractivity contribution in [2.75, 3.05) is 20.6 Å². The summed E-state index contributed by atoms with van der Waals surface area (Å²) in [6.45, 7) is 0.772. The molecule has 0 saturated carbocycles. The first-order valence-electron chi connectivity index (χ1n) is 4.59. The number of rotatable bonds is 6. The molecule has 0 saturated heterocycles. The Bertz CT molecular complexity index is 305. The van der Waals surface area contributed by atoms with Crippen molar-refractivity contribution in [3.05, 3.63) is 23.8 Å². The van der Waals surface area contributed by atoms with E-state index in [9.17, 15) is 0 Å². The van der Waals surface area contributed by atoms with Gasteiger partial charge in [-0.1, -0.05) is 6.07 Å². The van der Waals surface area contributed by atoms with Crippen molar-refractivity contribution >= 4 is 0 Å². The summed E-state index contributed by atoms with van der Waals surface area (Å²) in [6, 6.07) is 5.50. The molecule has 0 amide bonds. The first kappa shape index (κ1) is 11.8. The number of benzene rings is 1. The zero-order valence-corrected chi connectivity index (χ0v) is 8.73. The molecule has 1 aromatic rings. The number of ether oxygens (including phenoxy) is 3.